The van der Waals surface area contributed by atoms with Gasteiger partial charge in [0, 0.05) is 18.8 Å². The zero-order valence-electron chi connectivity index (χ0n) is 9.32. The highest BCUT2D eigenvalue weighted by molar-refractivity contribution is 5.80. The van der Waals surface area contributed by atoms with Crippen molar-refractivity contribution in [3.8, 4) is 11.5 Å². The molecule has 0 aromatic heterocycles. The van der Waals surface area contributed by atoms with E-state index in [1.165, 1.54) is 0 Å². The molecule has 0 aliphatic carbocycles. The van der Waals surface area contributed by atoms with Crippen molar-refractivity contribution < 1.29 is 14.3 Å². The molecule has 0 spiro atoms. The van der Waals surface area contributed by atoms with E-state index >= 15 is 0 Å². The fourth-order valence-corrected chi connectivity index (χ4v) is 1.76. The Labute approximate surface area is 93.7 Å². The zero-order chi connectivity index (χ0) is 11.7. The quantitative estimate of drug-likeness (QED) is 0.815. The van der Waals surface area contributed by atoms with Crippen molar-refractivity contribution in [3.05, 3.63) is 17.7 Å². The summed E-state index contributed by atoms with van der Waals surface area (Å²) in [6.07, 6.45) is 0. The van der Waals surface area contributed by atoms with Crippen molar-refractivity contribution in [1.29, 1.82) is 0 Å². The lowest BCUT2D eigenvalue weighted by Crippen LogP contribution is -2.30. The van der Waals surface area contributed by atoms with E-state index in [0.29, 0.717) is 5.75 Å². The van der Waals surface area contributed by atoms with E-state index in [4.69, 9.17) is 15.2 Å². The first kappa shape index (κ1) is 10.6. The van der Waals surface area contributed by atoms with Gasteiger partial charge < -0.3 is 20.1 Å². The number of aryl methyl sites for hydroxylation is 1. The predicted octanol–water partition coefficient (Wildman–Crippen LogP) is 0.645. The third-order valence-electron chi connectivity index (χ3n) is 2.50. The summed E-state index contributed by atoms with van der Waals surface area (Å²) in [6.45, 7) is 2.38. The average Bonchev–Trinajstić information content (AvgIpc) is 2.61. The predicted molar refractivity (Wildman–Crippen MR) is 59.8 cm³/mol. The summed E-state index contributed by atoms with van der Waals surface area (Å²) < 4.78 is 10.5. The highest BCUT2D eigenvalue weighted by Gasteiger charge is 2.17. The van der Waals surface area contributed by atoms with Crippen LogP contribution in [0.4, 0.5) is 5.69 Å². The molecule has 1 aliphatic heterocycles. The second kappa shape index (κ2) is 3.92. The molecule has 0 atom stereocenters. The summed E-state index contributed by atoms with van der Waals surface area (Å²) >= 11 is 0. The third kappa shape index (κ3) is 1.88. The Balaban J connectivity index is 2.30. The number of hydrogen-bond donors (Lipinski definition) is 1. The highest BCUT2D eigenvalue weighted by atomic mass is 16.7. The molecule has 5 nitrogen and oxygen atoms in total. The number of carbonyl (C=O) groups is 1. The fraction of sp³-hybridized carbons (Fsp3) is 0.364. The molecule has 0 radical (unpaired) electrons. The molecule has 86 valence electrons. The standard InChI is InChI=1S/C11H14N2O3/c1-7-3-9-10(16-6-15-9)4-8(7)13(2)5-11(12)14/h3-4H,5-6H2,1-2H3,(H2,12,14). The molecule has 1 aromatic carbocycles. The van der Waals surface area contributed by atoms with Gasteiger partial charge in [-0.1, -0.05) is 0 Å². The Morgan fingerprint density at radius 1 is 1.44 bits per heavy atom. The van der Waals surface area contributed by atoms with E-state index in [-0.39, 0.29) is 19.2 Å². The number of hydrogen-bond acceptors (Lipinski definition) is 4. The van der Waals surface area contributed by atoms with Gasteiger partial charge in [0.2, 0.25) is 12.7 Å². The van der Waals surface area contributed by atoms with Crippen LogP contribution in [-0.4, -0.2) is 26.3 Å². The number of likely N-dealkylation sites (N-methyl/N-ethyl adjacent to an activating group) is 1. The van der Waals surface area contributed by atoms with E-state index < -0.39 is 0 Å². The molecule has 1 heterocycles. The van der Waals surface area contributed by atoms with E-state index in [9.17, 15) is 4.79 Å². The van der Waals surface area contributed by atoms with E-state index in [2.05, 4.69) is 0 Å². The second-order valence-electron chi connectivity index (χ2n) is 3.81. The molecule has 5 heteroatoms. The van der Waals surface area contributed by atoms with Crippen LogP contribution < -0.4 is 20.1 Å². The summed E-state index contributed by atoms with van der Waals surface area (Å²) in [5, 5.41) is 0. The van der Waals surface area contributed by atoms with Gasteiger partial charge in [-0.3, -0.25) is 4.79 Å². The minimum atomic E-state index is -0.362. The lowest BCUT2D eigenvalue weighted by molar-refractivity contribution is -0.116. The van der Waals surface area contributed by atoms with Crippen LogP contribution in [0.15, 0.2) is 12.1 Å². The summed E-state index contributed by atoms with van der Waals surface area (Å²) in [7, 11) is 1.81. The zero-order valence-corrected chi connectivity index (χ0v) is 9.32. The van der Waals surface area contributed by atoms with Gasteiger partial charge in [-0.15, -0.1) is 0 Å². The van der Waals surface area contributed by atoms with Crippen molar-refractivity contribution in [1.82, 2.24) is 0 Å². The Morgan fingerprint density at radius 2 is 2.06 bits per heavy atom. The summed E-state index contributed by atoms with van der Waals surface area (Å²) in [6, 6.07) is 3.76. The topological polar surface area (TPSA) is 64.8 Å². The van der Waals surface area contributed by atoms with E-state index in [1.807, 2.05) is 26.1 Å². The van der Waals surface area contributed by atoms with Crippen molar-refractivity contribution in [2.45, 2.75) is 6.92 Å². The van der Waals surface area contributed by atoms with Gasteiger partial charge in [-0.2, -0.15) is 0 Å². The van der Waals surface area contributed by atoms with Crippen LogP contribution in [-0.2, 0) is 4.79 Å². The summed E-state index contributed by atoms with van der Waals surface area (Å²) in [5.74, 6) is 1.09. The highest BCUT2D eigenvalue weighted by Crippen LogP contribution is 2.37. The van der Waals surface area contributed by atoms with Crippen LogP contribution in [0.1, 0.15) is 5.56 Å². The molecule has 16 heavy (non-hydrogen) atoms. The fourth-order valence-electron chi connectivity index (χ4n) is 1.76. The third-order valence-corrected chi connectivity index (χ3v) is 2.50. The van der Waals surface area contributed by atoms with E-state index in [0.717, 1.165) is 17.0 Å². The first-order chi connectivity index (χ1) is 7.58. The van der Waals surface area contributed by atoms with Crippen LogP contribution in [0.5, 0.6) is 11.5 Å². The summed E-state index contributed by atoms with van der Waals surface area (Å²) in [5.41, 5.74) is 7.10. The molecule has 1 aliphatic rings. The lowest BCUT2D eigenvalue weighted by Gasteiger charge is -2.20. The number of primary amides is 1. The van der Waals surface area contributed by atoms with Gasteiger partial charge >= 0.3 is 0 Å². The average molecular weight is 222 g/mol. The van der Waals surface area contributed by atoms with Crippen LogP contribution in [0, 0.1) is 6.92 Å². The Morgan fingerprint density at radius 3 is 2.69 bits per heavy atom. The number of anilines is 1. The van der Waals surface area contributed by atoms with Gasteiger partial charge in [0.25, 0.3) is 0 Å². The smallest absolute Gasteiger partial charge is 0.236 e. The molecule has 0 unspecified atom stereocenters. The molecule has 0 saturated carbocycles. The van der Waals surface area contributed by atoms with Gasteiger partial charge in [-0.25, -0.2) is 0 Å². The van der Waals surface area contributed by atoms with Crippen molar-refractivity contribution in [3.63, 3.8) is 0 Å². The Kier molecular flexibility index (Phi) is 2.60. The van der Waals surface area contributed by atoms with Gasteiger partial charge in [0.1, 0.15) is 0 Å². The maximum atomic E-state index is 10.9. The SMILES string of the molecule is Cc1cc2c(cc1N(C)CC(N)=O)OCO2. The molecular formula is C11H14N2O3. The molecule has 0 fully saturated rings. The molecule has 1 amide bonds. The minimum absolute atomic E-state index is 0.181. The number of rotatable bonds is 3. The number of benzene rings is 1. The molecule has 0 saturated heterocycles. The first-order valence-corrected chi connectivity index (χ1v) is 4.97. The second-order valence-corrected chi connectivity index (χ2v) is 3.81. The van der Waals surface area contributed by atoms with Gasteiger partial charge in [0.05, 0.1) is 6.54 Å². The van der Waals surface area contributed by atoms with Crippen molar-refractivity contribution in [2.24, 2.45) is 5.73 Å². The van der Waals surface area contributed by atoms with Crippen molar-refractivity contribution in [2.75, 3.05) is 25.3 Å². The molecule has 1 aromatic rings. The van der Waals surface area contributed by atoms with Gasteiger partial charge in [-0.05, 0) is 18.6 Å². The molecular weight excluding hydrogens is 208 g/mol. The minimum Gasteiger partial charge on any atom is -0.454 e. The molecule has 2 N–H and O–H groups in total. The molecule has 2 rings (SSSR count). The number of fused-ring (bicyclic) bond motifs is 1. The lowest BCUT2D eigenvalue weighted by atomic mass is 10.1. The Bertz CT molecular complexity index is 431. The Hall–Kier alpha value is -1.91. The maximum absolute atomic E-state index is 10.9. The van der Waals surface area contributed by atoms with Crippen LogP contribution in [0.2, 0.25) is 0 Å². The normalized spacial score (nSPS) is 12.6. The molecule has 0 bridgehead atoms. The van der Waals surface area contributed by atoms with Crippen LogP contribution in [0.25, 0.3) is 0 Å². The largest absolute Gasteiger partial charge is 0.454 e. The number of nitrogens with zero attached hydrogens (tertiary/aromatic N) is 1. The monoisotopic (exact) mass is 222 g/mol. The number of ether oxygens (including phenoxy) is 2. The van der Waals surface area contributed by atoms with Gasteiger partial charge in [0.15, 0.2) is 11.5 Å². The number of carbonyl (C=O) groups excluding carboxylic acids is 1. The van der Waals surface area contributed by atoms with Crippen LogP contribution in [0.3, 0.4) is 0 Å². The van der Waals surface area contributed by atoms with E-state index in [1.54, 1.807) is 4.90 Å². The van der Waals surface area contributed by atoms with Crippen molar-refractivity contribution >= 4 is 11.6 Å². The summed E-state index contributed by atoms with van der Waals surface area (Å²) in [4.78, 5) is 12.6. The first-order valence-electron chi connectivity index (χ1n) is 4.97. The van der Waals surface area contributed by atoms with Crippen LogP contribution >= 0.6 is 0 Å². The number of amides is 1. The maximum Gasteiger partial charge on any atom is 0.236 e. The number of nitrogens with two attached hydrogens (primary N) is 1.